The number of fused-ring (bicyclic) bond motifs is 1. The zero-order chi connectivity index (χ0) is 20.4. The number of nitrogens with two attached hydrogens (primary N) is 1. The molecule has 2 aromatic heterocycles. The predicted molar refractivity (Wildman–Crippen MR) is 109 cm³/mol. The van der Waals surface area contributed by atoms with E-state index in [1.165, 1.54) is 15.9 Å². The molecule has 4 aromatic rings. The molecule has 2 aromatic carbocycles. The van der Waals surface area contributed by atoms with Crippen LogP contribution in [0.1, 0.15) is 5.56 Å². The summed E-state index contributed by atoms with van der Waals surface area (Å²) in [6, 6.07) is 14.3. The number of carbonyl (C=O) groups is 1. The minimum atomic E-state index is -0.542. The standard InChI is InChI=1S/C20H16N4O4S/c1-27-14-8-4-13(5-9-14)18-22-20-24(23-18)19(26)16(29-20)10-12-2-6-15(7-3-12)28-11-17(21)25/h2-10H,11H2,1H3,(H2,21,25). The van der Waals surface area contributed by atoms with Crippen molar-refractivity contribution in [3.8, 4) is 22.9 Å². The maximum atomic E-state index is 12.7. The van der Waals surface area contributed by atoms with E-state index in [2.05, 4.69) is 10.1 Å². The molecule has 29 heavy (non-hydrogen) atoms. The molecule has 0 spiro atoms. The van der Waals surface area contributed by atoms with Gasteiger partial charge in [0.2, 0.25) is 4.96 Å². The van der Waals surface area contributed by atoms with Crippen molar-refractivity contribution in [2.24, 2.45) is 5.73 Å². The highest BCUT2D eigenvalue weighted by Gasteiger charge is 2.12. The summed E-state index contributed by atoms with van der Waals surface area (Å²) in [6.45, 7) is -0.182. The summed E-state index contributed by atoms with van der Waals surface area (Å²) in [5.41, 5.74) is 6.44. The highest BCUT2D eigenvalue weighted by atomic mass is 32.1. The maximum absolute atomic E-state index is 12.7. The highest BCUT2D eigenvalue weighted by Crippen LogP contribution is 2.20. The molecule has 0 aliphatic carbocycles. The molecular formula is C20H16N4O4S. The fourth-order valence-electron chi connectivity index (χ4n) is 2.66. The van der Waals surface area contributed by atoms with Crippen molar-refractivity contribution in [2.75, 3.05) is 13.7 Å². The van der Waals surface area contributed by atoms with Gasteiger partial charge in [-0.05, 0) is 48.0 Å². The molecule has 2 N–H and O–H groups in total. The number of ether oxygens (including phenoxy) is 2. The Bertz CT molecular complexity index is 1280. The SMILES string of the molecule is COc1ccc(-c2nc3sc(=Cc4ccc(OCC(N)=O)cc4)c(=O)n3n2)cc1. The number of nitrogens with zero attached hydrogens (tertiary/aromatic N) is 3. The van der Waals surface area contributed by atoms with Gasteiger partial charge in [-0.15, -0.1) is 5.10 Å². The van der Waals surface area contributed by atoms with Gasteiger partial charge in [-0.25, -0.2) is 0 Å². The van der Waals surface area contributed by atoms with E-state index in [4.69, 9.17) is 15.2 Å². The van der Waals surface area contributed by atoms with Crippen LogP contribution in [0.25, 0.3) is 22.4 Å². The molecule has 0 aliphatic heterocycles. The van der Waals surface area contributed by atoms with E-state index in [1.54, 1.807) is 37.5 Å². The first kappa shape index (κ1) is 18.6. The van der Waals surface area contributed by atoms with Crippen LogP contribution in [0.5, 0.6) is 11.5 Å². The van der Waals surface area contributed by atoms with Gasteiger partial charge >= 0.3 is 0 Å². The number of primary amides is 1. The lowest BCUT2D eigenvalue weighted by molar-refractivity contribution is -0.119. The van der Waals surface area contributed by atoms with Gasteiger partial charge in [0.05, 0.1) is 11.6 Å². The zero-order valence-electron chi connectivity index (χ0n) is 15.4. The third-order valence-electron chi connectivity index (χ3n) is 4.09. The summed E-state index contributed by atoms with van der Waals surface area (Å²) in [6.07, 6.45) is 1.76. The molecule has 0 bridgehead atoms. The molecule has 1 amide bonds. The molecule has 2 heterocycles. The van der Waals surface area contributed by atoms with Crippen molar-refractivity contribution in [1.29, 1.82) is 0 Å². The summed E-state index contributed by atoms with van der Waals surface area (Å²) in [7, 11) is 1.60. The van der Waals surface area contributed by atoms with Crippen LogP contribution in [0.2, 0.25) is 0 Å². The average molecular weight is 408 g/mol. The van der Waals surface area contributed by atoms with Gasteiger partial charge in [0.15, 0.2) is 12.4 Å². The Kier molecular flexibility index (Phi) is 4.96. The van der Waals surface area contributed by atoms with Crippen molar-refractivity contribution in [3.05, 3.63) is 69.0 Å². The van der Waals surface area contributed by atoms with Gasteiger partial charge < -0.3 is 15.2 Å². The number of rotatable bonds is 6. The molecule has 9 heteroatoms. The summed E-state index contributed by atoms with van der Waals surface area (Å²) in [4.78, 5) is 28.4. The Morgan fingerprint density at radius 1 is 1.14 bits per heavy atom. The van der Waals surface area contributed by atoms with Crippen molar-refractivity contribution in [2.45, 2.75) is 0 Å². The topological polar surface area (TPSA) is 109 Å². The van der Waals surface area contributed by atoms with Gasteiger partial charge in [-0.1, -0.05) is 23.5 Å². The number of hydrogen-bond acceptors (Lipinski definition) is 7. The van der Waals surface area contributed by atoms with Gasteiger partial charge in [0.25, 0.3) is 11.5 Å². The maximum Gasteiger partial charge on any atom is 0.291 e. The van der Waals surface area contributed by atoms with Gasteiger partial charge in [0, 0.05) is 5.56 Å². The summed E-state index contributed by atoms with van der Waals surface area (Å²) < 4.78 is 12.2. The van der Waals surface area contributed by atoms with E-state index in [1.807, 2.05) is 24.3 Å². The zero-order valence-corrected chi connectivity index (χ0v) is 16.2. The van der Waals surface area contributed by atoms with Crippen LogP contribution in [0.15, 0.2) is 53.3 Å². The molecule has 0 atom stereocenters. The number of methoxy groups -OCH3 is 1. The summed E-state index contributed by atoms with van der Waals surface area (Å²) in [5, 5.41) is 4.33. The van der Waals surface area contributed by atoms with E-state index >= 15 is 0 Å². The van der Waals surface area contributed by atoms with E-state index in [0.29, 0.717) is 21.1 Å². The second kappa shape index (κ2) is 7.72. The number of amides is 1. The Hall–Kier alpha value is -3.72. The first-order valence-corrected chi connectivity index (χ1v) is 9.42. The van der Waals surface area contributed by atoms with Crippen molar-refractivity contribution >= 4 is 28.3 Å². The summed E-state index contributed by atoms with van der Waals surface area (Å²) >= 11 is 1.26. The molecule has 4 rings (SSSR count). The van der Waals surface area contributed by atoms with E-state index in [0.717, 1.165) is 16.9 Å². The third-order valence-corrected chi connectivity index (χ3v) is 5.05. The number of aromatic nitrogens is 3. The number of thiazole rings is 1. The van der Waals surface area contributed by atoms with E-state index in [-0.39, 0.29) is 12.2 Å². The van der Waals surface area contributed by atoms with E-state index in [9.17, 15) is 9.59 Å². The molecule has 0 unspecified atom stereocenters. The van der Waals surface area contributed by atoms with Crippen LogP contribution < -0.4 is 25.3 Å². The normalized spacial score (nSPS) is 11.7. The highest BCUT2D eigenvalue weighted by molar-refractivity contribution is 7.15. The van der Waals surface area contributed by atoms with Gasteiger partial charge in [-0.2, -0.15) is 9.50 Å². The largest absolute Gasteiger partial charge is 0.497 e. The Morgan fingerprint density at radius 2 is 1.83 bits per heavy atom. The van der Waals surface area contributed by atoms with E-state index < -0.39 is 5.91 Å². The first-order valence-electron chi connectivity index (χ1n) is 8.60. The smallest absolute Gasteiger partial charge is 0.291 e. The first-order chi connectivity index (χ1) is 14.0. The fraction of sp³-hybridized carbons (Fsp3) is 0.100. The van der Waals surface area contributed by atoms with Crippen molar-refractivity contribution < 1.29 is 14.3 Å². The lowest BCUT2D eigenvalue weighted by Crippen LogP contribution is -2.23. The molecule has 8 nitrogen and oxygen atoms in total. The third kappa shape index (κ3) is 3.94. The molecule has 0 saturated carbocycles. The molecule has 146 valence electrons. The van der Waals surface area contributed by atoms with Crippen LogP contribution in [-0.2, 0) is 4.79 Å². The lowest BCUT2D eigenvalue weighted by Gasteiger charge is -2.03. The van der Waals surface area contributed by atoms with Crippen LogP contribution >= 0.6 is 11.3 Å². The van der Waals surface area contributed by atoms with Crippen molar-refractivity contribution in [3.63, 3.8) is 0 Å². The molecule has 0 radical (unpaired) electrons. The van der Waals surface area contributed by atoms with Crippen molar-refractivity contribution in [1.82, 2.24) is 14.6 Å². The Balaban J connectivity index is 1.61. The lowest BCUT2D eigenvalue weighted by atomic mass is 10.2. The quantitative estimate of drug-likeness (QED) is 0.514. The Morgan fingerprint density at radius 3 is 2.45 bits per heavy atom. The van der Waals surface area contributed by atoms with Crippen LogP contribution in [-0.4, -0.2) is 34.2 Å². The van der Waals surface area contributed by atoms with Crippen LogP contribution in [0.3, 0.4) is 0 Å². The molecule has 0 fully saturated rings. The van der Waals surface area contributed by atoms with Gasteiger partial charge in [-0.3, -0.25) is 9.59 Å². The Labute approximate surface area is 168 Å². The molecule has 0 aliphatic rings. The predicted octanol–water partition coefficient (Wildman–Crippen LogP) is 1.24. The minimum Gasteiger partial charge on any atom is -0.497 e. The number of hydrogen-bond donors (Lipinski definition) is 1. The second-order valence-corrected chi connectivity index (χ2v) is 7.11. The summed E-state index contributed by atoms with van der Waals surface area (Å²) in [5.74, 6) is 1.20. The monoisotopic (exact) mass is 408 g/mol. The molecular weight excluding hydrogens is 392 g/mol. The second-order valence-electron chi connectivity index (χ2n) is 6.10. The average Bonchev–Trinajstić information content (AvgIpc) is 3.27. The van der Waals surface area contributed by atoms with Crippen LogP contribution in [0.4, 0.5) is 0 Å². The number of benzene rings is 2. The van der Waals surface area contributed by atoms with Crippen LogP contribution in [0, 0.1) is 0 Å². The minimum absolute atomic E-state index is 0.182. The molecule has 0 saturated heterocycles. The number of carbonyl (C=O) groups excluding carboxylic acids is 1. The van der Waals surface area contributed by atoms with Gasteiger partial charge in [0.1, 0.15) is 11.5 Å². The fourth-order valence-corrected chi connectivity index (χ4v) is 3.57.